The fraction of sp³-hybridized carbons (Fsp3) is 0.400. The fourth-order valence-corrected chi connectivity index (χ4v) is 5.08. The number of anilines is 1. The second-order valence-electron chi connectivity index (χ2n) is 9.13. The Morgan fingerprint density at radius 2 is 1.97 bits per heavy atom. The second-order valence-corrected chi connectivity index (χ2v) is 9.13. The monoisotopic (exact) mass is 433 g/mol. The molecule has 1 saturated heterocycles. The van der Waals surface area contributed by atoms with Gasteiger partial charge in [-0.3, -0.25) is 9.59 Å². The molecule has 166 valence electrons. The van der Waals surface area contributed by atoms with Crippen molar-refractivity contribution >= 4 is 23.6 Å². The molecule has 5 rings (SSSR count). The number of aryl methyl sites for hydroxylation is 1. The Bertz CT molecular complexity index is 1080. The summed E-state index contributed by atoms with van der Waals surface area (Å²) in [6.45, 7) is 2.27. The van der Waals surface area contributed by atoms with E-state index in [1.165, 1.54) is 0 Å². The molecule has 1 aliphatic heterocycles. The topological polar surface area (TPSA) is 102 Å². The van der Waals surface area contributed by atoms with E-state index in [2.05, 4.69) is 5.32 Å². The molecule has 7 heteroatoms. The number of rotatable bonds is 6. The number of nitrogen functional groups attached to an aromatic ring is 1. The molecule has 0 bridgehead atoms. The number of nitrogens with two attached hydrogens (primary N) is 1. The van der Waals surface area contributed by atoms with E-state index in [9.17, 15) is 14.4 Å². The molecule has 2 fully saturated rings. The highest BCUT2D eigenvalue weighted by atomic mass is 16.6. The molecule has 7 nitrogen and oxygen atoms in total. The van der Waals surface area contributed by atoms with E-state index in [4.69, 9.17) is 10.5 Å². The van der Waals surface area contributed by atoms with Gasteiger partial charge in [0.05, 0.1) is 0 Å². The zero-order chi connectivity index (χ0) is 22.5. The van der Waals surface area contributed by atoms with Gasteiger partial charge in [0, 0.05) is 24.2 Å². The summed E-state index contributed by atoms with van der Waals surface area (Å²) < 4.78 is 5.76. The van der Waals surface area contributed by atoms with Gasteiger partial charge in [-0.1, -0.05) is 43.3 Å². The summed E-state index contributed by atoms with van der Waals surface area (Å²) in [5.41, 5.74) is 7.63. The van der Waals surface area contributed by atoms with Crippen molar-refractivity contribution in [3.8, 4) is 0 Å². The first-order valence-electron chi connectivity index (χ1n) is 11.2. The van der Waals surface area contributed by atoms with Crippen LogP contribution in [0.4, 0.5) is 10.5 Å². The lowest BCUT2D eigenvalue weighted by Crippen LogP contribution is -2.54. The maximum atomic E-state index is 13.7. The van der Waals surface area contributed by atoms with Crippen LogP contribution in [0.15, 0.2) is 48.5 Å². The van der Waals surface area contributed by atoms with Crippen LogP contribution in [0.3, 0.4) is 0 Å². The van der Waals surface area contributed by atoms with E-state index in [1.54, 1.807) is 12.1 Å². The van der Waals surface area contributed by atoms with Crippen LogP contribution in [-0.4, -0.2) is 28.8 Å². The summed E-state index contributed by atoms with van der Waals surface area (Å²) >= 11 is 0. The van der Waals surface area contributed by atoms with Crippen LogP contribution in [0.5, 0.6) is 0 Å². The van der Waals surface area contributed by atoms with Crippen LogP contribution in [0.1, 0.15) is 42.9 Å². The molecule has 32 heavy (non-hydrogen) atoms. The molecular formula is C25H27N3O4. The lowest BCUT2D eigenvalue weighted by Gasteiger charge is -2.29. The predicted octanol–water partition coefficient (Wildman–Crippen LogP) is 3.12. The van der Waals surface area contributed by atoms with Crippen molar-refractivity contribution in [1.29, 1.82) is 0 Å². The van der Waals surface area contributed by atoms with Gasteiger partial charge in [-0.15, -0.1) is 0 Å². The average Bonchev–Trinajstić information content (AvgIpc) is 3.54. The standard InChI is InChI=1S/C25H27N3O4/c1-15(17-7-8-17)21(22(29)27-14-16-5-3-2-4-6-16)28-23(30)25(32-24(28)31)12-11-18-9-10-19(26)13-20(18)25/h2-6,9-10,13,15,17,21H,7-8,11-12,14,26H2,1H3,(H,27,29)/t15-,21?,25+/m0/s1. The first-order valence-corrected chi connectivity index (χ1v) is 11.2. The first kappa shape index (κ1) is 20.5. The predicted molar refractivity (Wildman–Crippen MR) is 118 cm³/mol. The molecule has 2 aromatic rings. The van der Waals surface area contributed by atoms with Crippen molar-refractivity contribution in [2.24, 2.45) is 11.8 Å². The van der Waals surface area contributed by atoms with E-state index in [-0.39, 0.29) is 11.8 Å². The third-order valence-corrected chi connectivity index (χ3v) is 7.06. The summed E-state index contributed by atoms with van der Waals surface area (Å²) in [5.74, 6) is -0.633. The minimum absolute atomic E-state index is 0.154. The molecule has 3 N–H and O–H groups in total. The van der Waals surface area contributed by atoms with E-state index in [0.717, 1.165) is 28.9 Å². The van der Waals surface area contributed by atoms with Crippen LogP contribution in [0, 0.1) is 11.8 Å². The molecular weight excluding hydrogens is 406 g/mol. The van der Waals surface area contributed by atoms with Gasteiger partial charge < -0.3 is 15.8 Å². The van der Waals surface area contributed by atoms with Crippen molar-refractivity contribution in [2.45, 2.75) is 50.8 Å². The molecule has 0 aromatic heterocycles. The van der Waals surface area contributed by atoms with Crippen molar-refractivity contribution in [1.82, 2.24) is 10.2 Å². The average molecular weight is 434 g/mol. The number of carbonyl (C=O) groups excluding carboxylic acids is 3. The number of fused-ring (bicyclic) bond motifs is 2. The van der Waals surface area contributed by atoms with Gasteiger partial charge in [0.15, 0.2) is 0 Å². The molecule has 2 aromatic carbocycles. The highest BCUT2D eigenvalue weighted by molar-refractivity contribution is 6.07. The summed E-state index contributed by atoms with van der Waals surface area (Å²) in [5, 5.41) is 2.93. The van der Waals surface area contributed by atoms with Crippen LogP contribution >= 0.6 is 0 Å². The smallest absolute Gasteiger partial charge is 0.418 e. The summed E-state index contributed by atoms with van der Waals surface area (Å²) in [6, 6.07) is 14.0. The number of ether oxygens (including phenoxy) is 1. The molecule has 2 aliphatic carbocycles. The van der Waals surface area contributed by atoms with Gasteiger partial charge >= 0.3 is 6.09 Å². The maximum Gasteiger partial charge on any atom is 0.418 e. The lowest BCUT2D eigenvalue weighted by molar-refractivity contribution is -0.143. The molecule has 3 amide bonds. The maximum absolute atomic E-state index is 13.7. The minimum Gasteiger partial charge on any atom is -0.427 e. The molecule has 1 unspecified atom stereocenters. The SMILES string of the molecule is C[C@@H](C1CC1)C(C(=O)NCc1ccccc1)N1C(=O)O[C@@]2(CCc3ccc(N)cc32)C1=O. The zero-order valence-corrected chi connectivity index (χ0v) is 18.0. The summed E-state index contributed by atoms with van der Waals surface area (Å²) in [6.07, 6.45) is 2.21. The Kier molecular flexibility index (Phi) is 4.92. The normalized spacial score (nSPS) is 23.7. The minimum atomic E-state index is -1.39. The molecule has 1 spiro atoms. The third-order valence-electron chi connectivity index (χ3n) is 7.06. The number of carbonyl (C=O) groups is 3. The number of nitrogens with zero attached hydrogens (tertiary/aromatic N) is 1. The van der Waals surface area contributed by atoms with Gasteiger partial charge in [0.1, 0.15) is 6.04 Å². The third kappa shape index (κ3) is 3.32. The number of imide groups is 1. The molecule has 1 heterocycles. The molecule has 3 aliphatic rings. The number of hydrogen-bond acceptors (Lipinski definition) is 5. The van der Waals surface area contributed by atoms with Gasteiger partial charge in [-0.05, 0) is 54.4 Å². The summed E-state index contributed by atoms with van der Waals surface area (Å²) in [7, 11) is 0. The van der Waals surface area contributed by atoms with Gasteiger partial charge in [-0.25, -0.2) is 9.69 Å². The van der Waals surface area contributed by atoms with Crippen LogP contribution < -0.4 is 11.1 Å². The van der Waals surface area contributed by atoms with Crippen molar-refractivity contribution in [3.63, 3.8) is 0 Å². The lowest BCUT2D eigenvalue weighted by atomic mass is 9.91. The summed E-state index contributed by atoms with van der Waals surface area (Å²) in [4.78, 5) is 41.2. The molecule has 1 saturated carbocycles. The fourth-order valence-electron chi connectivity index (χ4n) is 5.08. The van der Waals surface area contributed by atoms with E-state index in [1.807, 2.05) is 43.3 Å². The van der Waals surface area contributed by atoms with Crippen molar-refractivity contribution < 1.29 is 19.1 Å². The van der Waals surface area contributed by atoms with E-state index >= 15 is 0 Å². The van der Waals surface area contributed by atoms with Crippen molar-refractivity contribution in [2.75, 3.05) is 5.73 Å². The number of benzene rings is 2. The van der Waals surface area contributed by atoms with Crippen LogP contribution in [0.2, 0.25) is 0 Å². The molecule has 0 radical (unpaired) electrons. The second kappa shape index (κ2) is 7.65. The van der Waals surface area contributed by atoms with Crippen LogP contribution in [0.25, 0.3) is 0 Å². The Balaban J connectivity index is 1.44. The number of amides is 3. The van der Waals surface area contributed by atoms with Gasteiger partial charge in [0.2, 0.25) is 11.5 Å². The number of hydrogen-bond donors (Lipinski definition) is 2. The Hall–Kier alpha value is -3.35. The quantitative estimate of drug-likeness (QED) is 0.682. The zero-order valence-electron chi connectivity index (χ0n) is 18.0. The highest BCUT2D eigenvalue weighted by Crippen LogP contribution is 2.48. The van der Waals surface area contributed by atoms with E-state index < -0.39 is 23.6 Å². The molecule has 3 atom stereocenters. The van der Waals surface area contributed by atoms with Gasteiger partial charge in [-0.2, -0.15) is 0 Å². The first-order chi connectivity index (χ1) is 15.4. The van der Waals surface area contributed by atoms with Crippen molar-refractivity contribution in [3.05, 3.63) is 65.2 Å². The van der Waals surface area contributed by atoms with Crippen LogP contribution in [-0.2, 0) is 32.9 Å². The highest BCUT2D eigenvalue weighted by Gasteiger charge is 2.61. The Morgan fingerprint density at radius 3 is 2.69 bits per heavy atom. The number of nitrogens with one attached hydrogen (secondary N) is 1. The Morgan fingerprint density at radius 1 is 1.22 bits per heavy atom. The largest absolute Gasteiger partial charge is 0.427 e. The Labute approximate surface area is 186 Å². The van der Waals surface area contributed by atoms with E-state index in [0.29, 0.717) is 36.6 Å². The van der Waals surface area contributed by atoms with Gasteiger partial charge in [0.25, 0.3) is 5.91 Å².